The van der Waals surface area contributed by atoms with Crippen molar-refractivity contribution in [2.45, 2.75) is 32.6 Å². The number of ketones is 2. The van der Waals surface area contributed by atoms with Gasteiger partial charge >= 0.3 is 0 Å². The lowest BCUT2D eigenvalue weighted by molar-refractivity contribution is -0.126. The lowest BCUT2D eigenvalue weighted by Gasteiger charge is -2.26. The third kappa shape index (κ3) is 4.02. The van der Waals surface area contributed by atoms with Crippen LogP contribution in [0.2, 0.25) is 0 Å². The van der Waals surface area contributed by atoms with Gasteiger partial charge in [-0.05, 0) is 39.7 Å². The average Bonchev–Trinajstić information content (AvgIpc) is 2.29. The van der Waals surface area contributed by atoms with Crippen molar-refractivity contribution in [1.82, 2.24) is 10.6 Å². The van der Waals surface area contributed by atoms with Gasteiger partial charge in [-0.1, -0.05) is 0 Å². The summed E-state index contributed by atoms with van der Waals surface area (Å²) in [5.41, 5.74) is 0. The summed E-state index contributed by atoms with van der Waals surface area (Å²) < 4.78 is 0. The van der Waals surface area contributed by atoms with Crippen LogP contribution in [-0.4, -0.2) is 31.8 Å². The normalized spacial score (nSPS) is 25.4. The summed E-state index contributed by atoms with van der Waals surface area (Å²) in [5, 5.41) is 5.98. The molecule has 1 saturated carbocycles. The highest BCUT2D eigenvalue weighted by atomic mass is 16.1. The van der Waals surface area contributed by atoms with Gasteiger partial charge in [0.1, 0.15) is 11.6 Å². The summed E-state index contributed by atoms with van der Waals surface area (Å²) in [7, 11) is 1.84. The summed E-state index contributed by atoms with van der Waals surface area (Å²) in [4.78, 5) is 23.0. The number of hydrogen-bond donors (Lipinski definition) is 2. The molecule has 0 amide bonds. The van der Waals surface area contributed by atoms with Crippen molar-refractivity contribution >= 4 is 11.6 Å². The first-order chi connectivity index (χ1) is 7.65. The molecule has 1 aliphatic rings. The van der Waals surface area contributed by atoms with Crippen LogP contribution in [0.15, 0.2) is 0 Å². The minimum absolute atomic E-state index is 0.167. The molecule has 1 aliphatic carbocycles. The lowest BCUT2D eigenvalue weighted by atomic mass is 9.78. The Morgan fingerprint density at radius 2 is 1.69 bits per heavy atom. The van der Waals surface area contributed by atoms with E-state index in [9.17, 15) is 9.59 Å². The second-order valence-corrected chi connectivity index (χ2v) is 4.58. The van der Waals surface area contributed by atoms with Gasteiger partial charge in [0, 0.05) is 18.5 Å². The minimum atomic E-state index is 0.167. The largest absolute Gasteiger partial charge is 0.308 e. The van der Waals surface area contributed by atoms with Gasteiger partial charge < -0.3 is 5.32 Å². The van der Waals surface area contributed by atoms with Crippen LogP contribution < -0.4 is 10.6 Å². The molecule has 16 heavy (non-hydrogen) atoms. The third-order valence-corrected chi connectivity index (χ3v) is 3.36. The smallest absolute Gasteiger partial charge is 0.149 e. The van der Waals surface area contributed by atoms with Gasteiger partial charge in [0.25, 0.3) is 0 Å². The molecule has 0 radical (unpaired) electrons. The number of hydrogen-bond acceptors (Lipinski definition) is 4. The van der Waals surface area contributed by atoms with Gasteiger partial charge in [-0.3, -0.25) is 14.9 Å². The van der Waals surface area contributed by atoms with Gasteiger partial charge in [0.15, 0.2) is 0 Å². The molecule has 0 atom stereocenters. The highest BCUT2D eigenvalue weighted by molar-refractivity contribution is 5.83. The van der Waals surface area contributed by atoms with E-state index in [1.807, 2.05) is 7.05 Å². The first-order valence-corrected chi connectivity index (χ1v) is 6.03. The van der Waals surface area contributed by atoms with Crippen LogP contribution in [0.25, 0.3) is 0 Å². The number of carbonyl (C=O) groups excluding carboxylic acids is 2. The van der Waals surface area contributed by atoms with E-state index in [0.29, 0.717) is 13.2 Å². The fourth-order valence-corrected chi connectivity index (χ4v) is 2.28. The Labute approximate surface area is 97.2 Å². The van der Waals surface area contributed by atoms with Crippen molar-refractivity contribution in [3.05, 3.63) is 0 Å². The minimum Gasteiger partial charge on any atom is -0.308 e. The molecule has 1 rings (SSSR count). The quantitative estimate of drug-likeness (QED) is 0.517. The van der Waals surface area contributed by atoms with E-state index in [2.05, 4.69) is 10.6 Å². The van der Waals surface area contributed by atoms with Crippen molar-refractivity contribution < 1.29 is 9.59 Å². The molecule has 92 valence electrons. The fraction of sp³-hybridized carbons (Fsp3) is 0.833. The molecule has 0 heterocycles. The Morgan fingerprint density at radius 1 is 1.12 bits per heavy atom. The lowest BCUT2D eigenvalue weighted by Crippen LogP contribution is -2.35. The molecule has 0 aromatic rings. The molecule has 0 saturated heterocycles. The summed E-state index contributed by atoms with van der Waals surface area (Å²) in [6.07, 6.45) is 3.53. The molecule has 0 unspecified atom stereocenters. The summed E-state index contributed by atoms with van der Waals surface area (Å²) in [6.45, 7) is 2.76. The van der Waals surface area contributed by atoms with Crippen LogP contribution in [0.3, 0.4) is 0 Å². The van der Waals surface area contributed by atoms with E-state index in [1.54, 1.807) is 6.92 Å². The highest BCUT2D eigenvalue weighted by Crippen LogP contribution is 2.29. The Kier molecular flexibility index (Phi) is 5.63. The molecule has 2 N–H and O–H groups in total. The fourth-order valence-electron chi connectivity index (χ4n) is 2.28. The molecule has 0 aliphatic heterocycles. The van der Waals surface area contributed by atoms with Crippen LogP contribution in [0.5, 0.6) is 0 Å². The summed E-state index contributed by atoms with van der Waals surface area (Å²) in [5.74, 6) is 0.936. The number of Topliss-reactive ketones (excluding diaryl/α,β-unsaturated/α-hetero) is 2. The van der Waals surface area contributed by atoms with E-state index in [-0.39, 0.29) is 23.4 Å². The predicted octanol–water partition coefficient (Wildman–Crippen LogP) is 0.717. The standard InChI is InChI=1S/C12H22N2O2/c1-9(15)10-3-5-11(6-4-10)12(16)7-14-8-13-2/h10-11,13-14H,3-8H2,1-2H3. The zero-order valence-corrected chi connectivity index (χ0v) is 10.2. The van der Waals surface area contributed by atoms with Crippen LogP contribution in [-0.2, 0) is 9.59 Å². The van der Waals surface area contributed by atoms with Gasteiger partial charge in [-0.25, -0.2) is 0 Å². The van der Waals surface area contributed by atoms with Gasteiger partial charge in [-0.15, -0.1) is 0 Å². The molecular formula is C12H22N2O2. The summed E-state index contributed by atoms with van der Waals surface area (Å²) >= 11 is 0. The zero-order valence-electron chi connectivity index (χ0n) is 10.2. The van der Waals surface area contributed by atoms with Crippen molar-refractivity contribution in [1.29, 1.82) is 0 Å². The summed E-state index contributed by atoms with van der Waals surface area (Å²) in [6, 6.07) is 0. The molecule has 0 aromatic heterocycles. The first-order valence-electron chi connectivity index (χ1n) is 6.03. The molecule has 0 spiro atoms. The van der Waals surface area contributed by atoms with Crippen LogP contribution in [0.4, 0.5) is 0 Å². The molecule has 0 aromatic carbocycles. The average molecular weight is 226 g/mol. The van der Waals surface area contributed by atoms with E-state index in [4.69, 9.17) is 0 Å². The number of rotatable bonds is 6. The first kappa shape index (κ1) is 13.3. The Hall–Kier alpha value is -0.740. The van der Waals surface area contributed by atoms with Gasteiger partial charge in [0.05, 0.1) is 6.54 Å². The molecule has 4 heteroatoms. The van der Waals surface area contributed by atoms with Crippen molar-refractivity contribution in [2.75, 3.05) is 20.3 Å². The van der Waals surface area contributed by atoms with Crippen molar-refractivity contribution in [3.8, 4) is 0 Å². The third-order valence-electron chi connectivity index (χ3n) is 3.36. The van der Waals surface area contributed by atoms with Crippen LogP contribution >= 0.6 is 0 Å². The maximum absolute atomic E-state index is 11.8. The van der Waals surface area contributed by atoms with Crippen molar-refractivity contribution in [3.63, 3.8) is 0 Å². The van der Waals surface area contributed by atoms with E-state index >= 15 is 0 Å². The van der Waals surface area contributed by atoms with Gasteiger partial charge in [-0.2, -0.15) is 0 Å². The molecule has 1 fully saturated rings. The highest BCUT2D eigenvalue weighted by Gasteiger charge is 2.27. The van der Waals surface area contributed by atoms with Crippen molar-refractivity contribution in [2.24, 2.45) is 11.8 Å². The Morgan fingerprint density at radius 3 is 2.19 bits per heavy atom. The SMILES string of the molecule is CNCNCC(=O)C1CCC(C(C)=O)CC1. The van der Waals surface area contributed by atoms with E-state index in [1.165, 1.54) is 0 Å². The van der Waals surface area contributed by atoms with Gasteiger partial charge in [0.2, 0.25) is 0 Å². The van der Waals surface area contributed by atoms with Crippen LogP contribution in [0.1, 0.15) is 32.6 Å². The number of nitrogens with one attached hydrogen (secondary N) is 2. The maximum atomic E-state index is 11.8. The zero-order chi connectivity index (χ0) is 12.0. The molecule has 4 nitrogen and oxygen atoms in total. The maximum Gasteiger partial charge on any atom is 0.149 e. The van der Waals surface area contributed by atoms with E-state index in [0.717, 1.165) is 25.7 Å². The molecular weight excluding hydrogens is 204 g/mol. The van der Waals surface area contributed by atoms with Crippen LogP contribution in [0, 0.1) is 11.8 Å². The second kappa shape index (κ2) is 6.76. The topological polar surface area (TPSA) is 58.2 Å². The number of carbonyl (C=O) groups is 2. The monoisotopic (exact) mass is 226 g/mol. The Bertz CT molecular complexity index is 245. The second-order valence-electron chi connectivity index (χ2n) is 4.58. The Balaban J connectivity index is 2.25. The molecule has 0 bridgehead atoms. The van der Waals surface area contributed by atoms with E-state index < -0.39 is 0 Å². The predicted molar refractivity (Wildman–Crippen MR) is 63.1 cm³/mol.